The van der Waals surface area contributed by atoms with Crippen molar-refractivity contribution in [2.24, 2.45) is 0 Å². The summed E-state index contributed by atoms with van der Waals surface area (Å²) in [5.74, 6) is 0.739. The van der Waals surface area contributed by atoms with Crippen LogP contribution >= 0.6 is 12.2 Å². The monoisotopic (exact) mass is 336 g/mol. The van der Waals surface area contributed by atoms with Gasteiger partial charge in [-0.25, -0.2) is 4.98 Å². The summed E-state index contributed by atoms with van der Waals surface area (Å²) in [6.07, 6.45) is 0. The molecule has 0 bridgehead atoms. The Labute approximate surface area is 147 Å². The van der Waals surface area contributed by atoms with Gasteiger partial charge >= 0.3 is 0 Å². The van der Waals surface area contributed by atoms with Crippen LogP contribution in [0.5, 0.6) is 0 Å². The smallest absolute Gasteiger partial charge is 0.189 e. The second-order valence-electron chi connectivity index (χ2n) is 5.87. The van der Waals surface area contributed by atoms with Gasteiger partial charge in [-0.15, -0.1) is 0 Å². The van der Waals surface area contributed by atoms with Gasteiger partial charge in [0.25, 0.3) is 0 Å². The Bertz CT molecular complexity index is 905. The highest BCUT2D eigenvalue weighted by Gasteiger charge is 2.05. The fourth-order valence-corrected chi connectivity index (χ4v) is 2.80. The van der Waals surface area contributed by atoms with E-state index in [2.05, 4.69) is 53.2 Å². The van der Waals surface area contributed by atoms with E-state index in [-0.39, 0.29) is 0 Å². The van der Waals surface area contributed by atoms with Crippen LogP contribution in [0.25, 0.3) is 10.9 Å². The van der Waals surface area contributed by atoms with Gasteiger partial charge in [0.05, 0.1) is 5.52 Å². The van der Waals surface area contributed by atoms with Crippen molar-refractivity contribution < 1.29 is 0 Å². The third kappa shape index (κ3) is 3.63. The van der Waals surface area contributed by atoms with Gasteiger partial charge in [-0.2, -0.15) is 0 Å². The van der Waals surface area contributed by atoms with Crippen molar-refractivity contribution in [1.82, 2.24) is 10.4 Å². The lowest BCUT2D eigenvalue weighted by Gasteiger charge is -2.14. The number of hydrogen-bond donors (Lipinski definition) is 3. The van der Waals surface area contributed by atoms with E-state index in [4.69, 9.17) is 12.2 Å². The number of nitrogens with zero attached hydrogens (tertiary/aromatic N) is 1. The average Bonchev–Trinajstić information content (AvgIpc) is 2.54. The summed E-state index contributed by atoms with van der Waals surface area (Å²) in [5.41, 5.74) is 11.5. The molecule has 3 aromatic rings. The molecular weight excluding hydrogens is 316 g/mol. The summed E-state index contributed by atoms with van der Waals surface area (Å²) >= 11 is 5.32. The van der Waals surface area contributed by atoms with Crippen molar-refractivity contribution in [3.63, 3.8) is 0 Å². The number of benzene rings is 2. The Morgan fingerprint density at radius 3 is 2.54 bits per heavy atom. The van der Waals surface area contributed by atoms with Crippen LogP contribution in [0.3, 0.4) is 0 Å². The molecule has 0 fully saturated rings. The van der Waals surface area contributed by atoms with Gasteiger partial charge < -0.3 is 5.32 Å². The van der Waals surface area contributed by atoms with E-state index in [1.54, 1.807) is 0 Å². The number of anilines is 2. The number of pyridine rings is 1. The van der Waals surface area contributed by atoms with E-state index in [0.717, 1.165) is 22.6 Å². The molecule has 0 saturated heterocycles. The van der Waals surface area contributed by atoms with Crippen molar-refractivity contribution in [3.05, 3.63) is 65.2 Å². The molecule has 0 unspecified atom stereocenters. The summed E-state index contributed by atoms with van der Waals surface area (Å²) in [4.78, 5) is 4.67. The molecule has 0 saturated carbocycles. The average molecular weight is 336 g/mol. The van der Waals surface area contributed by atoms with Crippen molar-refractivity contribution in [2.75, 3.05) is 10.7 Å². The number of fused-ring (bicyclic) bond motifs is 1. The van der Waals surface area contributed by atoms with Crippen LogP contribution in [0.15, 0.2) is 48.5 Å². The predicted octanol–water partition coefficient (Wildman–Crippen LogP) is 4.47. The van der Waals surface area contributed by atoms with Gasteiger partial charge in [-0.3, -0.25) is 10.9 Å². The quantitative estimate of drug-likeness (QED) is 0.486. The molecule has 122 valence electrons. The molecule has 0 aliphatic heterocycles. The molecule has 0 amide bonds. The van der Waals surface area contributed by atoms with Crippen LogP contribution in [0.1, 0.15) is 16.7 Å². The van der Waals surface area contributed by atoms with Gasteiger partial charge in [0.2, 0.25) is 0 Å². The Morgan fingerprint density at radius 2 is 1.75 bits per heavy atom. The Balaban J connectivity index is 1.71. The summed E-state index contributed by atoms with van der Waals surface area (Å²) in [5, 5.41) is 4.80. The number of aryl methyl sites for hydroxylation is 3. The first-order valence-corrected chi connectivity index (χ1v) is 8.20. The molecule has 5 heteroatoms. The van der Waals surface area contributed by atoms with E-state index >= 15 is 0 Å². The zero-order valence-corrected chi connectivity index (χ0v) is 14.8. The van der Waals surface area contributed by atoms with Crippen LogP contribution in [-0.2, 0) is 0 Å². The SMILES string of the molecule is Cc1cccc(NC(=S)NNc2cc(C)c3cccc(C)c3n2)c1. The van der Waals surface area contributed by atoms with Crippen molar-refractivity contribution in [3.8, 4) is 0 Å². The van der Waals surface area contributed by atoms with Crippen molar-refractivity contribution in [1.29, 1.82) is 0 Å². The number of thiocarbonyl (C=S) groups is 1. The molecule has 3 N–H and O–H groups in total. The second kappa shape index (κ2) is 6.84. The van der Waals surface area contributed by atoms with Crippen LogP contribution in [-0.4, -0.2) is 10.1 Å². The van der Waals surface area contributed by atoms with E-state index in [0.29, 0.717) is 5.11 Å². The van der Waals surface area contributed by atoms with E-state index in [9.17, 15) is 0 Å². The number of para-hydroxylation sites is 1. The minimum absolute atomic E-state index is 0.491. The highest BCUT2D eigenvalue weighted by molar-refractivity contribution is 7.80. The Morgan fingerprint density at radius 1 is 0.958 bits per heavy atom. The lowest BCUT2D eigenvalue weighted by molar-refractivity contribution is 1.10. The number of aromatic nitrogens is 1. The van der Waals surface area contributed by atoms with Crippen LogP contribution in [0, 0.1) is 20.8 Å². The van der Waals surface area contributed by atoms with Crippen molar-refractivity contribution >= 4 is 39.7 Å². The molecule has 1 heterocycles. The number of rotatable bonds is 3. The first-order valence-electron chi connectivity index (χ1n) is 7.79. The van der Waals surface area contributed by atoms with Gasteiger partial charge in [-0.1, -0.05) is 30.3 Å². The minimum Gasteiger partial charge on any atom is -0.331 e. The predicted molar refractivity (Wildman–Crippen MR) is 105 cm³/mol. The van der Waals surface area contributed by atoms with E-state index in [1.165, 1.54) is 16.5 Å². The van der Waals surface area contributed by atoms with Crippen LogP contribution < -0.4 is 16.2 Å². The van der Waals surface area contributed by atoms with E-state index in [1.807, 2.05) is 37.3 Å². The zero-order valence-electron chi connectivity index (χ0n) is 14.0. The third-order valence-electron chi connectivity index (χ3n) is 3.83. The Kier molecular flexibility index (Phi) is 4.62. The van der Waals surface area contributed by atoms with Gasteiger partial charge in [-0.05, 0) is 67.9 Å². The van der Waals surface area contributed by atoms with Gasteiger partial charge in [0.15, 0.2) is 5.11 Å². The molecule has 0 aliphatic rings. The lowest BCUT2D eigenvalue weighted by atomic mass is 10.1. The maximum atomic E-state index is 5.32. The molecule has 0 atom stereocenters. The first kappa shape index (κ1) is 16.2. The molecule has 1 aromatic heterocycles. The number of hydrogen-bond acceptors (Lipinski definition) is 3. The molecule has 3 rings (SSSR count). The topological polar surface area (TPSA) is 49.0 Å². The zero-order chi connectivity index (χ0) is 17.1. The summed E-state index contributed by atoms with van der Waals surface area (Å²) in [7, 11) is 0. The fourth-order valence-electron chi connectivity index (χ4n) is 2.63. The molecule has 0 aliphatic carbocycles. The van der Waals surface area contributed by atoms with Gasteiger partial charge in [0.1, 0.15) is 5.82 Å². The molecule has 2 aromatic carbocycles. The highest BCUT2D eigenvalue weighted by atomic mass is 32.1. The lowest BCUT2D eigenvalue weighted by Crippen LogP contribution is -2.33. The van der Waals surface area contributed by atoms with Crippen LogP contribution in [0.2, 0.25) is 0 Å². The van der Waals surface area contributed by atoms with Gasteiger partial charge in [0, 0.05) is 11.1 Å². The Hall–Kier alpha value is -2.66. The molecular formula is C19H20N4S. The van der Waals surface area contributed by atoms with E-state index < -0.39 is 0 Å². The third-order valence-corrected chi connectivity index (χ3v) is 4.03. The fraction of sp³-hybridized carbons (Fsp3) is 0.158. The minimum atomic E-state index is 0.491. The highest BCUT2D eigenvalue weighted by Crippen LogP contribution is 2.22. The molecule has 0 spiro atoms. The summed E-state index contributed by atoms with van der Waals surface area (Å²) in [6, 6.07) is 16.3. The maximum absolute atomic E-state index is 5.32. The molecule has 4 nitrogen and oxygen atoms in total. The number of nitrogens with one attached hydrogen (secondary N) is 3. The van der Waals surface area contributed by atoms with Crippen LogP contribution in [0.4, 0.5) is 11.5 Å². The standard InChI is InChI=1S/C19H20N4S/c1-12-6-4-8-15(10-12)20-19(24)23-22-17-11-14(3)16-9-5-7-13(2)18(16)21-17/h4-11H,1-3H3,(H,21,22)(H2,20,23,24). The summed E-state index contributed by atoms with van der Waals surface area (Å²) < 4.78 is 0. The first-order chi connectivity index (χ1) is 11.5. The summed E-state index contributed by atoms with van der Waals surface area (Å²) in [6.45, 7) is 6.19. The van der Waals surface area contributed by atoms with Crippen molar-refractivity contribution in [2.45, 2.75) is 20.8 Å². The normalized spacial score (nSPS) is 10.5. The number of hydrazine groups is 1. The molecule has 24 heavy (non-hydrogen) atoms. The molecule has 0 radical (unpaired) electrons. The maximum Gasteiger partial charge on any atom is 0.189 e. The second-order valence-corrected chi connectivity index (χ2v) is 6.28. The largest absolute Gasteiger partial charge is 0.331 e.